The molecule has 1 aliphatic carbocycles. The number of nitrogens with one attached hydrogen (secondary N) is 1. The van der Waals surface area contributed by atoms with E-state index in [1.54, 1.807) is 0 Å². The quantitative estimate of drug-likeness (QED) is 0.818. The van der Waals surface area contributed by atoms with Gasteiger partial charge >= 0.3 is 12.1 Å². The third kappa shape index (κ3) is 4.48. The number of carbonyl (C=O) groups is 2. The minimum atomic E-state index is -4.68. The molecule has 0 saturated heterocycles. The van der Waals surface area contributed by atoms with Crippen molar-refractivity contribution in [2.75, 3.05) is 6.61 Å². The first-order valence-electron chi connectivity index (χ1n) is 8.57. The van der Waals surface area contributed by atoms with Crippen LogP contribution in [-0.4, -0.2) is 18.5 Å². The largest absolute Gasteiger partial charge is 0.452 e. The normalized spacial score (nSPS) is 16.3. The first kappa shape index (κ1) is 18.9. The lowest BCUT2D eigenvalue weighted by Gasteiger charge is -2.26. The highest BCUT2D eigenvalue weighted by molar-refractivity contribution is 5.93. The molecule has 27 heavy (non-hydrogen) atoms. The van der Waals surface area contributed by atoms with E-state index in [1.807, 2.05) is 24.3 Å². The lowest BCUT2D eigenvalue weighted by molar-refractivity contribution is -0.138. The highest BCUT2D eigenvalue weighted by Crippen LogP contribution is 2.32. The van der Waals surface area contributed by atoms with Crippen LogP contribution in [0.1, 0.15) is 45.9 Å². The van der Waals surface area contributed by atoms with E-state index in [0.717, 1.165) is 42.5 Å². The molecule has 3 rings (SSSR count). The first-order valence-corrected chi connectivity index (χ1v) is 8.57. The van der Waals surface area contributed by atoms with Gasteiger partial charge in [-0.05, 0) is 42.5 Å². The summed E-state index contributed by atoms with van der Waals surface area (Å²) in [5.41, 5.74) is 0.480. The second-order valence-electron chi connectivity index (χ2n) is 6.33. The maximum Gasteiger partial charge on any atom is 0.417 e. The topological polar surface area (TPSA) is 55.4 Å². The van der Waals surface area contributed by atoms with Crippen molar-refractivity contribution in [3.8, 4) is 0 Å². The van der Waals surface area contributed by atoms with Gasteiger partial charge in [0.05, 0.1) is 17.2 Å². The summed E-state index contributed by atoms with van der Waals surface area (Å²) >= 11 is 0. The van der Waals surface area contributed by atoms with Crippen LogP contribution < -0.4 is 5.32 Å². The molecule has 0 saturated carbocycles. The molecule has 4 nitrogen and oxygen atoms in total. The lowest BCUT2D eigenvalue weighted by Crippen LogP contribution is -2.34. The first-order chi connectivity index (χ1) is 12.9. The standard InChI is InChI=1S/C20H18F3NO3/c21-20(22,23)16-10-4-3-9-15(16)19(26)27-12-18(25)24-17-11-5-7-13-6-1-2-8-14(13)17/h1-4,6,8-10,17H,5,7,11-12H2,(H,24,25)/t17-/m1/s1. The molecule has 0 unspecified atom stereocenters. The number of aryl methyl sites for hydroxylation is 1. The Morgan fingerprint density at radius 2 is 1.78 bits per heavy atom. The van der Waals surface area contributed by atoms with Gasteiger partial charge in [0.15, 0.2) is 6.61 Å². The number of alkyl halides is 3. The SMILES string of the molecule is O=C(COC(=O)c1ccccc1C(F)(F)F)N[C@@H]1CCCc2ccccc21. The predicted molar refractivity (Wildman–Crippen MR) is 92.0 cm³/mol. The van der Waals surface area contributed by atoms with Gasteiger partial charge in [0.1, 0.15) is 0 Å². The smallest absolute Gasteiger partial charge is 0.417 e. The Morgan fingerprint density at radius 3 is 2.56 bits per heavy atom. The van der Waals surface area contributed by atoms with E-state index < -0.39 is 35.8 Å². The molecule has 1 atom stereocenters. The Morgan fingerprint density at radius 1 is 1.07 bits per heavy atom. The maximum absolute atomic E-state index is 13.0. The van der Waals surface area contributed by atoms with E-state index in [2.05, 4.69) is 5.32 Å². The molecule has 0 heterocycles. The van der Waals surface area contributed by atoms with Crippen LogP contribution in [0.25, 0.3) is 0 Å². The average Bonchev–Trinajstić information content (AvgIpc) is 2.66. The van der Waals surface area contributed by atoms with Crippen molar-refractivity contribution in [3.63, 3.8) is 0 Å². The molecular weight excluding hydrogens is 359 g/mol. The van der Waals surface area contributed by atoms with Crippen LogP contribution in [0.15, 0.2) is 48.5 Å². The molecule has 142 valence electrons. The maximum atomic E-state index is 13.0. The molecule has 2 aromatic carbocycles. The number of hydrogen-bond donors (Lipinski definition) is 1. The molecule has 7 heteroatoms. The molecule has 1 amide bonds. The summed E-state index contributed by atoms with van der Waals surface area (Å²) in [6.07, 6.45) is -2.07. The van der Waals surface area contributed by atoms with Gasteiger partial charge in [-0.15, -0.1) is 0 Å². The predicted octanol–water partition coefficient (Wildman–Crippen LogP) is 4.06. The number of carbonyl (C=O) groups excluding carboxylic acids is 2. The molecule has 0 aliphatic heterocycles. The minimum absolute atomic E-state index is 0.191. The Balaban J connectivity index is 1.62. The fraction of sp³-hybridized carbons (Fsp3) is 0.300. The third-order valence-electron chi connectivity index (χ3n) is 4.49. The summed E-state index contributed by atoms with van der Waals surface area (Å²) in [7, 11) is 0. The molecule has 1 N–H and O–H groups in total. The average molecular weight is 377 g/mol. The molecule has 0 spiro atoms. The van der Waals surface area contributed by atoms with Crippen molar-refractivity contribution < 1.29 is 27.5 Å². The zero-order valence-electron chi connectivity index (χ0n) is 14.4. The van der Waals surface area contributed by atoms with Crippen LogP contribution >= 0.6 is 0 Å². The highest BCUT2D eigenvalue weighted by Gasteiger charge is 2.35. The van der Waals surface area contributed by atoms with Gasteiger partial charge < -0.3 is 10.1 Å². The van der Waals surface area contributed by atoms with Crippen LogP contribution in [-0.2, 0) is 22.1 Å². The summed E-state index contributed by atoms with van der Waals surface area (Å²) < 4.78 is 43.7. The van der Waals surface area contributed by atoms with Gasteiger partial charge in [-0.1, -0.05) is 36.4 Å². The molecule has 0 fully saturated rings. The van der Waals surface area contributed by atoms with Gasteiger partial charge in [-0.25, -0.2) is 4.79 Å². The van der Waals surface area contributed by atoms with Gasteiger partial charge in [0.2, 0.25) is 0 Å². The second-order valence-corrected chi connectivity index (χ2v) is 6.33. The molecule has 0 bridgehead atoms. The van der Waals surface area contributed by atoms with Gasteiger partial charge in [-0.3, -0.25) is 4.79 Å². The number of rotatable bonds is 4. The fourth-order valence-electron chi connectivity index (χ4n) is 3.26. The van der Waals surface area contributed by atoms with E-state index in [1.165, 1.54) is 12.1 Å². The van der Waals surface area contributed by atoms with E-state index in [4.69, 9.17) is 4.74 Å². The number of fused-ring (bicyclic) bond motifs is 1. The van der Waals surface area contributed by atoms with Gasteiger partial charge in [0.25, 0.3) is 5.91 Å². The number of hydrogen-bond acceptors (Lipinski definition) is 3. The second kappa shape index (κ2) is 7.82. The Labute approximate surface area is 154 Å². The monoisotopic (exact) mass is 377 g/mol. The van der Waals surface area contributed by atoms with Crippen molar-refractivity contribution in [1.29, 1.82) is 0 Å². The Bertz CT molecular complexity index is 848. The van der Waals surface area contributed by atoms with Crippen molar-refractivity contribution in [2.45, 2.75) is 31.5 Å². The van der Waals surface area contributed by atoms with Gasteiger partial charge in [0, 0.05) is 0 Å². The van der Waals surface area contributed by atoms with Crippen LogP contribution in [0, 0.1) is 0 Å². The van der Waals surface area contributed by atoms with Crippen LogP contribution in [0.2, 0.25) is 0 Å². The van der Waals surface area contributed by atoms with Gasteiger partial charge in [-0.2, -0.15) is 13.2 Å². The number of benzene rings is 2. The minimum Gasteiger partial charge on any atom is -0.452 e. The van der Waals surface area contributed by atoms with E-state index in [0.29, 0.717) is 0 Å². The third-order valence-corrected chi connectivity index (χ3v) is 4.49. The fourth-order valence-corrected chi connectivity index (χ4v) is 3.26. The number of esters is 1. The van der Waals surface area contributed by atoms with Crippen LogP contribution in [0.5, 0.6) is 0 Å². The van der Waals surface area contributed by atoms with Crippen molar-refractivity contribution in [1.82, 2.24) is 5.32 Å². The Kier molecular flexibility index (Phi) is 5.48. The summed E-state index contributed by atoms with van der Waals surface area (Å²) in [5.74, 6) is -1.73. The lowest BCUT2D eigenvalue weighted by atomic mass is 9.88. The summed E-state index contributed by atoms with van der Waals surface area (Å²) in [5, 5.41) is 2.79. The molecule has 0 aromatic heterocycles. The van der Waals surface area contributed by atoms with E-state index in [-0.39, 0.29) is 6.04 Å². The zero-order chi connectivity index (χ0) is 19.4. The number of ether oxygens (including phenoxy) is 1. The van der Waals surface area contributed by atoms with Crippen molar-refractivity contribution in [3.05, 3.63) is 70.8 Å². The highest BCUT2D eigenvalue weighted by atomic mass is 19.4. The van der Waals surface area contributed by atoms with Crippen LogP contribution in [0.3, 0.4) is 0 Å². The molecule has 0 radical (unpaired) electrons. The van der Waals surface area contributed by atoms with Crippen LogP contribution in [0.4, 0.5) is 13.2 Å². The van der Waals surface area contributed by atoms with Crippen molar-refractivity contribution in [2.24, 2.45) is 0 Å². The summed E-state index contributed by atoms with van der Waals surface area (Å²) in [6.45, 7) is -0.635. The molecule has 1 aliphatic rings. The van der Waals surface area contributed by atoms with E-state index >= 15 is 0 Å². The van der Waals surface area contributed by atoms with E-state index in [9.17, 15) is 22.8 Å². The summed E-state index contributed by atoms with van der Waals surface area (Å²) in [6, 6.07) is 11.9. The molecular formula is C20H18F3NO3. The Hall–Kier alpha value is -2.83. The number of halogens is 3. The summed E-state index contributed by atoms with van der Waals surface area (Å²) in [4.78, 5) is 24.1. The number of amides is 1. The van der Waals surface area contributed by atoms with Crippen molar-refractivity contribution >= 4 is 11.9 Å². The molecule has 2 aromatic rings. The zero-order valence-corrected chi connectivity index (χ0v) is 14.4.